The number of hydrogen-bond acceptors (Lipinski definition) is 11. The molecule has 2 aromatic carbocycles. The molecule has 8 rings (SSSR count). The molecule has 4 saturated carbocycles. The second kappa shape index (κ2) is 33.9. The molecule has 0 spiro atoms. The summed E-state index contributed by atoms with van der Waals surface area (Å²) < 4.78 is 19.7. The number of aryl methyl sites for hydroxylation is 2. The van der Waals surface area contributed by atoms with E-state index in [9.17, 15) is 19.2 Å². The third-order valence-corrected chi connectivity index (χ3v) is 15.8. The van der Waals surface area contributed by atoms with Crippen molar-refractivity contribution in [2.45, 2.75) is 207 Å². The van der Waals surface area contributed by atoms with Crippen LogP contribution in [0.4, 0.5) is 9.59 Å². The summed E-state index contributed by atoms with van der Waals surface area (Å²) >= 11 is 0. The van der Waals surface area contributed by atoms with Crippen LogP contribution < -0.4 is 29.6 Å². The van der Waals surface area contributed by atoms with Gasteiger partial charge in [0.15, 0.2) is 0 Å². The summed E-state index contributed by atoms with van der Waals surface area (Å²) in [6.45, 7) is 16.1. The molecule has 5 N–H and O–H groups in total. The average Bonchev–Trinajstić information content (AvgIpc) is 4.36. The fraction of sp³-hybridized carbons (Fsp3) is 0.594. The fourth-order valence-electron chi connectivity index (χ4n) is 11.7. The van der Waals surface area contributed by atoms with E-state index in [-0.39, 0.29) is 95.9 Å². The molecule has 4 aromatic rings. The molecule has 448 valence electrons. The minimum Gasteiger partial charge on any atom is -0.870 e. The number of amides is 2. The molecular formula is C64H95N6NaO11. The zero-order valence-electron chi connectivity index (χ0n) is 51.0. The summed E-state index contributed by atoms with van der Waals surface area (Å²) in [7, 11) is 2.39. The van der Waals surface area contributed by atoms with E-state index in [1.54, 1.807) is 10.9 Å². The van der Waals surface area contributed by atoms with Crippen molar-refractivity contribution < 1.29 is 84.1 Å². The molecule has 2 amide bonds. The van der Waals surface area contributed by atoms with E-state index in [1.807, 2.05) is 72.3 Å². The van der Waals surface area contributed by atoms with E-state index in [4.69, 9.17) is 24.4 Å². The maximum Gasteiger partial charge on any atom is 1.00 e. The number of carboxylic acid groups (broad SMARTS) is 1. The number of aliphatic carboxylic acids is 1. The number of methoxy groups -OCH3 is 1. The van der Waals surface area contributed by atoms with E-state index in [0.29, 0.717) is 23.7 Å². The van der Waals surface area contributed by atoms with Crippen LogP contribution in [0.15, 0.2) is 96.6 Å². The molecular weight excluding hydrogens is 1050 g/mol. The van der Waals surface area contributed by atoms with Gasteiger partial charge in [-0.05, 0) is 178 Å². The van der Waals surface area contributed by atoms with Crippen LogP contribution in [0.25, 0.3) is 12.2 Å². The zero-order valence-corrected chi connectivity index (χ0v) is 53.0. The van der Waals surface area contributed by atoms with Gasteiger partial charge in [0.1, 0.15) is 24.3 Å². The van der Waals surface area contributed by atoms with E-state index >= 15 is 0 Å². The maximum absolute atomic E-state index is 13.5. The molecule has 0 radical (unpaired) electrons. The molecule has 4 aliphatic rings. The fourth-order valence-corrected chi connectivity index (χ4v) is 11.7. The first-order chi connectivity index (χ1) is 37.8. The van der Waals surface area contributed by atoms with E-state index < -0.39 is 17.2 Å². The van der Waals surface area contributed by atoms with Crippen molar-refractivity contribution >= 4 is 36.3 Å². The number of aromatic nitrogens is 4. The Balaban J connectivity index is 0.000000403. The second-order valence-electron chi connectivity index (χ2n) is 24.0. The van der Waals surface area contributed by atoms with Crippen molar-refractivity contribution in [2.24, 2.45) is 23.7 Å². The molecule has 0 saturated heterocycles. The van der Waals surface area contributed by atoms with Crippen molar-refractivity contribution in [1.82, 2.24) is 29.4 Å². The Kier molecular flexibility index (Phi) is 29.3. The van der Waals surface area contributed by atoms with Gasteiger partial charge in [-0.1, -0.05) is 97.8 Å². The van der Waals surface area contributed by atoms with Gasteiger partial charge in [0, 0.05) is 55.5 Å². The number of aliphatic hydroxyl groups excluding tert-OH is 1. The third kappa shape index (κ3) is 22.4. The Morgan fingerprint density at radius 1 is 0.622 bits per heavy atom. The van der Waals surface area contributed by atoms with Gasteiger partial charge < -0.3 is 45.2 Å². The Hall–Kier alpha value is -5.30. The molecule has 0 bridgehead atoms. The smallest absolute Gasteiger partial charge is 0.870 e. The quantitative estimate of drug-likeness (QED) is 0.0479. The minimum absolute atomic E-state index is 0. The number of hydrogen-bond donors (Lipinski definition) is 2. The summed E-state index contributed by atoms with van der Waals surface area (Å²) in [5.74, 6) is 0.859. The minimum atomic E-state index is -0.882. The average molecular weight is 1150 g/mol. The van der Waals surface area contributed by atoms with Crippen LogP contribution in [-0.4, -0.2) is 124 Å². The van der Waals surface area contributed by atoms with Crippen LogP contribution in [-0.2, 0) is 49.7 Å². The van der Waals surface area contributed by atoms with Gasteiger partial charge in [-0.2, -0.15) is 10.2 Å². The van der Waals surface area contributed by atoms with Gasteiger partial charge in [0.05, 0.1) is 19.5 Å². The first-order valence-corrected chi connectivity index (χ1v) is 29.1. The summed E-state index contributed by atoms with van der Waals surface area (Å²) in [6, 6.07) is 21.8. The van der Waals surface area contributed by atoms with Crippen molar-refractivity contribution in [2.75, 3.05) is 14.2 Å². The topological polar surface area (TPSA) is 240 Å². The van der Waals surface area contributed by atoms with Crippen LogP contribution in [0.5, 0.6) is 0 Å². The molecule has 0 aliphatic heterocycles. The molecule has 18 heteroatoms. The molecule has 4 fully saturated rings. The molecule has 82 heavy (non-hydrogen) atoms. The standard InChI is InChI=1S/C32H45N3O4.C31H43N3O4.CH4O.Na.2H2O/c1-6-26(18-24-10-8-7-9-11-24)28-19-29(28)35(31(37)39-32(2,3)4)27-16-14-23(15-17-27)12-13-25-20-33-34(21-25)22-30(36)38-5;1-5-25(17-23-9-7-6-8-10-23)27-18-28(27)34(30(37)38-31(2,3)4)26-15-13-22(14-16-26)11-12-24-19-32-33(20-24)21-29(35)36;1-2;;;/h7-11,18,20-21,23,27-29H,6,12-17,19,22H2,1-5H3;6-10,17,19-20,22,26-28H,5,11-16,18,21H2,1-4H3,(H,35,36);2H,1H3;;2*1H2/q;;;+1;;/p-1/b26-18+;25-17+;;;;/t23?,27?,28?,29-;22?,26?,27?,28-;;;;/m11..../s1. The number of carbonyl (C=O) groups is 4. The van der Waals surface area contributed by atoms with Crippen molar-refractivity contribution in [3.63, 3.8) is 0 Å². The number of esters is 1. The number of benzene rings is 2. The Labute approximate surface area is 510 Å². The number of carbonyl (C=O) groups excluding carboxylic acids is 3. The Morgan fingerprint density at radius 2 is 0.988 bits per heavy atom. The number of rotatable bonds is 20. The van der Waals surface area contributed by atoms with E-state index in [1.165, 1.54) is 34.1 Å². The molecule has 17 nitrogen and oxygen atoms in total. The van der Waals surface area contributed by atoms with Crippen molar-refractivity contribution in [3.8, 4) is 0 Å². The number of carboxylic acids is 1. The summed E-state index contributed by atoms with van der Waals surface area (Å²) in [6.07, 6.45) is 28.1. The van der Waals surface area contributed by atoms with Crippen LogP contribution in [0.1, 0.15) is 168 Å². The largest absolute Gasteiger partial charge is 1.00 e. The predicted octanol–water partition coefficient (Wildman–Crippen LogP) is 8.86. The zero-order chi connectivity index (χ0) is 57.3. The summed E-state index contributed by atoms with van der Waals surface area (Å²) in [5, 5.41) is 24.4. The summed E-state index contributed by atoms with van der Waals surface area (Å²) in [5.41, 5.74) is 6.47. The van der Waals surface area contributed by atoms with Crippen LogP contribution in [0.3, 0.4) is 0 Å². The first kappa shape index (κ1) is 71.0. The van der Waals surface area contributed by atoms with Gasteiger partial charge in [0.25, 0.3) is 0 Å². The molecule has 2 heterocycles. The van der Waals surface area contributed by atoms with Gasteiger partial charge in [-0.25, -0.2) is 9.59 Å². The van der Waals surface area contributed by atoms with Gasteiger partial charge in [0.2, 0.25) is 0 Å². The summed E-state index contributed by atoms with van der Waals surface area (Å²) in [4.78, 5) is 53.5. The Morgan fingerprint density at radius 3 is 1.32 bits per heavy atom. The SMILES string of the molecule is CC/C(=C\c1ccccc1)C1C[C@H]1N(C(=O)OC(C)(C)C)C1CCC(CCc2cnn(CC(=O)O)c2)CC1.CC/C(=C\c1ccccc1)C1C[C@H]1N(C(=O)OC(C)(C)C)C1CCC(CCc2cnn(CC(=O)OC)c2)CC1.CO.O.[Na+].[OH-]. The molecule has 4 aliphatic carbocycles. The second-order valence-corrected chi connectivity index (χ2v) is 24.0. The number of nitrogens with zero attached hydrogens (tertiary/aromatic N) is 6. The van der Waals surface area contributed by atoms with Crippen molar-refractivity contribution in [3.05, 3.63) is 119 Å². The molecule has 2 unspecified atom stereocenters. The van der Waals surface area contributed by atoms with Crippen LogP contribution in [0.2, 0.25) is 0 Å². The van der Waals surface area contributed by atoms with Crippen LogP contribution in [0, 0.1) is 23.7 Å². The Bertz CT molecular complexity index is 2610. The van der Waals surface area contributed by atoms with Gasteiger partial charge >= 0.3 is 53.7 Å². The van der Waals surface area contributed by atoms with Crippen molar-refractivity contribution in [1.29, 1.82) is 0 Å². The first-order valence-electron chi connectivity index (χ1n) is 29.1. The maximum atomic E-state index is 13.5. The van der Waals surface area contributed by atoms with Crippen LogP contribution >= 0.6 is 0 Å². The predicted molar refractivity (Wildman–Crippen MR) is 315 cm³/mol. The monoisotopic (exact) mass is 1150 g/mol. The number of aliphatic hydroxyl groups is 1. The van der Waals surface area contributed by atoms with E-state index in [2.05, 4.69) is 94.5 Å². The third-order valence-electron chi connectivity index (χ3n) is 15.8. The molecule has 2 aromatic heterocycles. The van der Waals surface area contributed by atoms with Gasteiger partial charge in [-0.3, -0.25) is 19.0 Å². The molecule has 4 atom stereocenters. The van der Waals surface area contributed by atoms with E-state index in [0.717, 1.165) is 121 Å². The normalized spacial score (nSPS) is 22.1. The number of ether oxygens (including phenoxy) is 3. The van der Waals surface area contributed by atoms with Gasteiger partial charge in [-0.15, -0.1) is 0 Å².